The number of hydrogen-bond acceptors (Lipinski definition) is 3. The third kappa shape index (κ3) is 3.29. The number of carbonyl (C=O) groups is 1. The fourth-order valence-corrected chi connectivity index (χ4v) is 3.42. The minimum atomic E-state index is 0.0706. The van der Waals surface area contributed by atoms with Crippen molar-refractivity contribution in [1.29, 1.82) is 0 Å². The number of amides is 1. The Hall–Kier alpha value is -0.610. The smallest absolute Gasteiger partial charge is 0.241 e. The number of nitrogens with zero attached hydrogens (tertiary/aromatic N) is 2. The Bertz CT molecular complexity index is 298. The van der Waals surface area contributed by atoms with Crippen molar-refractivity contribution in [2.24, 2.45) is 0 Å². The highest BCUT2D eigenvalue weighted by Gasteiger charge is 2.41. The summed E-state index contributed by atoms with van der Waals surface area (Å²) in [5, 5.41) is 3.56. The second-order valence-electron chi connectivity index (χ2n) is 6.09. The molecule has 2 rings (SSSR count). The van der Waals surface area contributed by atoms with Gasteiger partial charge in [-0.05, 0) is 45.8 Å². The van der Waals surface area contributed by atoms with Crippen LogP contribution in [0.25, 0.3) is 0 Å². The first-order chi connectivity index (χ1) is 9.17. The van der Waals surface area contributed by atoms with Crippen LogP contribution >= 0.6 is 0 Å². The molecule has 19 heavy (non-hydrogen) atoms. The van der Waals surface area contributed by atoms with E-state index in [9.17, 15) is 4.79 Å². The molecule has 2 heterocycles. The summed E-state index contributed by atoms with van der Waals surface area (Å²) in [7, 11) is 2.17. The quantitative estimate of drug-likeness (QED) is 0.825. The molecule has 2 aliphatic heterocycles. The fourth-order valence-electron chi connectivity index (χ4n) is 3.42. The molecule has 4 nitrogen and oxygen atoms in total. The molecule has 0 aromatic carbocycles. The maximum absolute atomic E-state index is 12.6. The molecule has 0 aromatic heterocycles. The maximum Gasteiger partial charge on any atom is 0.241 e. The van der Waals surface area contributed by atoms with Crippen LogP contribution in [0.5, 0.6) is 0 Å². The molecule has 0 radical (unpaired) electrons. The lowest BCUT2D eigenvalue weighted by molar-refractivity contribution is -0.133. The Labute approximate surface area is 117 Å². The van der Waals surface area contributed by atoms with E-state index < -0.39 is 0 Å². The highest BCUT2D eigenvalue weighted by Crippen LogP contribution is 2.25. The average Bonchev–Trinajstić information content (AvgIpc) is 2.69. The zero-order chi connectivity index (χ0) is 13.8. The summed E-state index contributed by atoms with van der Waals surface area (Å²) in [4.78, 5) is 17.2. The van der Waals surface area contributed by atoms with Crippen LogP contribution in [-0.4, -0.2) is 54.1 Å². The Morgan fingerprint density at radius 3 is 2.37 bits per heavy atom. The first kappa shape index (κ1) is 14.8. The average molecular weight is 267 g/mol. The largest absolute Gasteiger partial charge is 0.323 e. The van der Waals surface area contributed by atoms with Crippen LogP contribution in [-0.2, 0) is 4.79 Å². The number of nitrogens with one attached hydrogen (secondary N) is 1. The molecule has 4 heteroatoms. The molecular weight excluding hydrogens is 238 g/mol. The van der Waals surface area contributed by atoms with Gasteiger partial charge in [0.25, 0.3) is 0 Å². The van der Waals surface area contributed by atoms with Gasteiger partial charge < -0.3 is 9.80 Å². The number of carbonyl (C=O) groups excluding carboxylic acids is 1. The lowest BCUT2D eigenvalue weighted by Crippen LogP contribution is -2.49. The maximum atomic E-state index is 12.6. The van der Waals surface area contributed by atoms with Crippen molar-refractivity contribution in [1.82, 2.24) is 15.1 Å². The summed E-state index contributed by atoms with van der Waals surface area (Å²) in [5.74, 6) is 0.356. The molecule has 2 unspecified atom stereocenters. The summed E-state index contributed by atoms with van der Waals surface area (Å²) in [5.41, 5.74) is 0. The van der Waals surface area contributed by atoms with Gasteiger partial charge in [0.1, 0.15) is 0 Å². The number of likely N-dealkylation sites (tertiary alicyclic amines) is 1. The van der Waals surface area contributed by atoms with Crippen LogP contribution in [0.2, 0.25) is 0 Å². The molecule has 2 saturated heterocycles. The van der Waals surface area contributed by atoms with Gasteiger partial charge in [-0.2, -0.15) is 0 Å². The zero-order valence-electron chi connectivity index (χ0n) is 12.7. The molecule has 2 fully saturated rings. The van der Waals surface area contributed by atoms with Crippen molar-refractivity contribution in [3.05, 3.63) is 0 Å². The molecule has 1 N–H and O–H groups in total. The standard InChI is InChI=1S/C15H29N3O/c1-4-6-13-15(19)18(14(16-13)7-5-2)12-8-10-17(3)11-9-12/h12-14,16H,4-11H2,1-3H3. The Morgan fingerprint density at radius 1 is 1.16 bits per heavy atom. The van der Waals surface area contributed by atoms with Crippen molar-refractivity contribution in [2.75, 3.05) is 20.1 Å². The van der Waals surface area contributed by atoms with Crippen molar-refractivity contribution < 1.29 is 4.79 Å². The van der Waals surface area contributed by atoms with Crippen LogP contribution in [0.1, 0.15) is 52.4 Å². The van der Waals surface area contributed by atoms with E-state index in [2.05, 4.69) is 36.0 Å². The van der Waals surface area contributed by atoms with Gasteiger partial charge in [-0.15, -0.1) is 0 Å². The van der Waals surface area contributed by atoms with E-state index >= 15 is 0 Å². The van der Waals surface area contributed by atoms with Crippen LogP contribution in [0.3, 0.4) is 0 Å². The molecule has 0 bridgehead atoms. The Balaban J connectivity index is 2.04. The number of piperidine rings is 1. The van der Waals surface area contributed by atoms with Gasteiger partial charge in [0, 0.05) is 6.04 Å². The normalized spacial score (nSPS) is 30.3. The lowest BCUT2D eigenvalue weighted by atomic mass is 10.0. The molecule has 2 atom stereocenters. The van der Waals surface area contributed by atoms with Crippen LogP contribution in [0.4, 0.5) is 0 Å². The second-order valence-corrected chi connectivity index (χ2v) is 6.09. The lowest BCUT2D eigenvalue weighted by Gasteiger charge is -2.38. The predicted molar refractivity (Wildman–Crippen MR) is 77.9 cm³/mol. The van der Waals surface area contributed by atoms with Crippen LogP contribution < -0.4 is 5.32 Å². The SMILES string of the molecule is CCCC1NC(CCC)N(C2CCN(C)CC2)C1=O. The van der Waals surface area contributed by atoms with Gasteiger partial charge in [0.2, 0.25) is 5.91 Å². The third-order valence-corrected chi connectivity index (χ3v) is 4.50. The van der Waals surface area contributed by atoms with Crippen molar-refractivity contribution in [3.8, 4) is 0 Å². The van der Waals surface area contributed by atoms with Gasteiger partial charge in [-0.1, -0.05) is 26.7 Å². The Kier molecular flexibility index (Phi) is 5.22. The minimum absolute atomic E-state index is 0.0706. The van der Waals surface area contributed by atoms with E-state index in [0.717, 1.165) is 51.6 Å². The predicted octanol–water partition coefficient (Wildman–Crippen LogP) is 1.81. The molecule has 0 spiro atoms. The highest BCUT2D eigenvalue weighted by molar-refractivity contribution is 5.84. The second kappa shape index (κ2) is 6.71. The van der Waals surface area contributed by atoms with E-state index in [1.54, 1.807) is 0 Å². The van der Waals surface area contributed by atoms with Gasteiger partial charge in [0.15, 0.2) is 0 Å². The number of hydrogen-bond donors (Lipinski definition) is 1. The van der Waals surface area contributed by atoms with Crippen molar-refractivity contribution >= 4 is 5.91 Å². The first-order valence-electron chi connectivity index (χ1n) is 7.94. The molecule has 2 aliphatic rings. The topological polar surface area (TPSA) is 35.6 Å². The Morgan fingerprint density at radius 2 is 1.79 bits per heavy atom. The van der Waals surface area contributed by atoms with Gasteiger partial charge in [-0.3, -0.25) is 10.1 Å². The summed E-state index contributed by atoms with van der Waals surface area (Å²) >= 11 is 0. The zero-order valence-corrected chi connectivity index (χ0v) is 12.7. The van der Waals surface area contributed by atoms with E-state index in [0.29, 0.717) is 11.9 Å². The molecule has 1 amide bonds. The third-order valence-electron chi connectivity index (χ3n) is 4.50. The summed E-state index contributed by atoms with van der Waals surface area (Å²) in [6.45, 7) is 6.59. The van der Waals surface area contributed by atoms with E-state index in [1.807, 2.05) is 0 Å². The molecule has 0 aromatic rings. The van der Waals surface area contributed by atoms with Crippen LogP contribution in [0, 0.1) is 0 Å². The molecule has 0 saturated carbocycles. The monoisotopic (exact) mass is 267 g/mol. The van der Waals surface area contributed by atoms with Gasteiger partial charge >= 0.3 is 0 Å². The van der Waals surface area contributed by atoms with E-state index in [-0.39, 0.29) is 12.2 Å². The fraction of sp³-hybridized carbons (Fsp3) is 0.933. The van der Waals surface area contributed by atoms with Gasteiger partial charge in [-0.25, -0.2) is 0 Å². The van der Waals surface area contributed by atoms with Crippen LogP contribution in [0.15, 0.2) is 0 Å². The molecule has 110 valence electrons. The minimum Gasteiger partial charge on any atom is -0.323 e. The highest BCUT2D eigenvalue weighted by atomic mass is 16.2. The number of rotatable bonds is 5. The van der Waals surface area contributed by atoms with Gasteiger partial charge in [0.05, 0.1) is 12.2 Å². The molecular formula is C15H29N3O. The van der Waals surface area contributed by atoms with Crippen molar-refractivity contribution in [3.63, 3.8) is 0 Å². The summed E-state index contributed by atoms with van der Waals surface area (Å²) < 4.78 is 0. The summed E-state index contributed by atoms with van der Waals surface area (Å²) in [6, 6.07) is 0.524. The van der Waals surface area contributed by atoms with Crippen molar-refractivity contribution in [2.45, 2.75) is 70.6 Å². The molecule has 0 aliphatic carbocycles. The first-order valence-corrected chi connectivity index (χ1v) is 7.94. The van der Waals surface area contributed by atoms with E-state index in [4.69, 9.17) is 0 Å². The van der Waals surface area contributed by atoms with E-state index in [1.165, 1.54) is 0 Å². The summed E-state index contributed by atoms with van der Waals surface area (Å²) in [6.07, 6.45) is 6.80.